The smallest absolute Gasteiger partial charge is 0.259 e. The minimum absolute atomic E-state index is 0.0563. The van der Waals surface area contributed by atoms with Gasteiger partial charge >= 0.3 is 0 Å². The van der Waals surface area contributed by atoms with Gasteiger partial charge in [-0.3, -0.25) is 9.48 Å². The Hall–Kier alpha value is -2.66. The van der Waals surface area contributed by atoms with Crippen LogP contribution in [-0.2, 0) is 9.84 Å². The van der Waals surface area contributed by atoms with Crippen molar-refractivity contribution < 1.29 is 13.2 Å². The molecule has 7 nitrogen and oxygen atoms in total. The second kappa shape index (κ2) is 6.09. The van der Waals surface area contributed by atoms with Crippen LogP contribution < -0.4 is 5.32 Å². The Morgan fingerprint density at radius 1 is 1.46 bits per heavy atom. The summed E-state index contributed by atoms with van der Waals surface area (Å²) in [4.78, 5) is 12.4. The normalized spacial score (nSPS) is 18.9. The van der Waals surface area contributed by atoms with Crippen LogP contribution in [0.25, 0.3) is 0 Å². The number of sulfone groups is 1. The lowest BCUT2D eigenvalue weighted by atomic mass is 10.2. The highest BCUT2D eigenvalue weighted by atomic mass is 32.2. The number of rotatable bonds is 3. The minimum atomic E-state index is -3.02. The maximum atomic E-state index is 12.4. The quantitative estimate of drug-likeness (QED) is 0.912. The van der Waals surface area contributed by atoms with E-state index in [9.17, 15) is 13.2 Å². The molecule has 1 aliphatic heterocycles. The SMILES string of the molecule is Cc1c(C(=O)Nc2cccc(C#N)c2)cnn1C1CCS(=O)(=O)C1. The summed E-state index contributed by atoms with van der Waals surface area (Å²) >= 11 is 0. The van der Waals surface area contributed by atoms with Crippen LogP contribution in [-0.4, -0.2) is 35.6 Å². The van der Waals surface area contributed by atoms with Gasteiger partial charge in [0, 0.05) is 11.4 Å². The first-order chi connectivity index (χ1) is 11.4. The number of nitrogens with zero attached hydrogens (tertiary/aromatic N) is 3. The Kier molecular flexibility index (Phi) is 4.11. The van der Waals surface area contributed by atoms with Gasteiger partial charge in [0.2, 0.25) is 0 Å². The van der Waals surface area contributed by atoms with Crippen LogP contribution in [0.4, 0.5) is 5.69 Å². The standard InChI is InChI=1S/C16H16N4O3S/c1-11-15(9-18-20(11)14-5-6-24(22,23)10-14)16(21)19-13-4-2-3-12(7-13)8-17/h2-4,7,9,14H,5-6,10H2,1H3,(H,19,21). The molecule has 0 spiro atoms. The van der Waals surface area contributed by atoms with Gasteiger partial charge in [0.05, 0.1) is 40.9 Å². The first-order valence-electron chi connectivity index (χ1n) is 7.45. The van der Waals surface area contributed by atoms with Gasteiger partial charge in [-0.05, 0) is 31.5 Å². The molecule has 1 fully saturated rings. The van der Waals surface area contributed by atoms with Crippen molar-refractivity contribution in [1.29, 1.82) is 5.26 Å². The second-order valence-electron chi connectivity index (χ2n) is 5.79. The molecule has 0 bridgehead atoms. The molecule has 1 aromatic carbocycles. The van der Waals surface area contributed by atoms with E-state index >= 15 is 0 Å². The fraction of sp³-hybridized carbons (Fsp3) is 0.312. The number of carbonyl (C=O) groups is 1. The molecule has 1 aliphatic rings. The van der Waals surface area contributed by atoms with Crippen molar-refractivity contribution in [1.82, 2.24) is 9.78 Å². The van der Waals surface area contributed by atoms with Crippen LogP contribution >= 0.6 is 0 Å². The average molecular weight is 344 g/mol. The van der Waals surface area contributed by atoms with Crippen molar-refractivity contribution in [2.45, 2.75) is 19.4 Å². The molecule has 1 N–H and O–H groups in total. The fourth-order valence-corrected chi connectivity index (χ4v) is 4.54. The van der Waals surface area contributed by atoms with Gasteiger partial charge in [0.25, 0.3) is 5.91 Å². The van der Waals surface area contributed by atoms with Gasteiger partial charge in [0.1, 0.15) is 0 Å². The summed E-state index contributed by atoms with van der Waals surface area (Å²) in [6.07, 6.45) is 1.96. The van der Waals surface area contributed by atoms with E-state index < -0.39 is 9.84 Å². The van der Waals surface area contributed by atoms with E-state index in [1.165, 1.54) is 6.20 Å². The molecule has 0 radical (unpaired) electrons. The fourth-order valence-electron chi connectivity index (χ4n) is 2.85. The highest BCUT2D eigenvalue weighted by Crippen LogP contribution is 2.25. The molecule has 8 heteroatoms. The van der Waals surface area contributed by atoms with Crippen LogP contribution in [0.1, 0.15) is 34.1 Å². The van der Waals surface area contributed by atoms with Crippen molar-refractivity contribution >= 4 is 21.4 Å². The first kappa shape index (κ1) is 16.2. The molecule has 1 saturated heterocycles. The number of amides is 1. The van der Waals surface area contributed by atoms with E-state index in [1.54, 1.807) is 35.9 Å². The zero-order valence-corrected chi connectivity index (χ0v) is 13.9. The Morgan fingerprint density at radius 2 is 2.25 bits per heavy atom. The van der Waals surface area contributed by atoms with E-state index in [-0.39, 0.29) is 23.5 Å². The molecule has 1 unspecified atom stereocenters. The lowest BCUT2D eigenvalue weighted by Gasteiger charge is -2.11. The third-order valence-corrected chi connectivity index (χ3v) is 5.84. The highest BCUT2D eigenvalue weighted by Gasteiger charge is 2.31. The lowest BCUT2D eigenvalue weighted by molar-refractivity contribution is 0.102. The first-order valence-corrected chi connectivity index (χ1v) is 9.28. The summed E-state index contributed by atoms with van der Waals surface area (Å²) in [6.45, 7) is 1.75. The molecule has 2 aromatic rings. The monoisotopic (exact) mass is 344 g/mol. The number of nitrogens with one attached hydrogen (secondary N) is 1. The molecular weight excluding hydrogens is 328 g/mol. The van der Waals surface area contributed by atoms with Crippen molar-refractivity contribution in [3.63, 3.8) is 0 Å². The number of aromatic nitrogens is 2. The summed E-state index contributed by atoms with van der Waals surface area (Å²) in [6, 6.07) is 8.41. The third-order valence-electron chi connectivity index (χ3n) is 4.09. The number of hydrogen-bond donors (Lipinski definition) is 1. The van der Waals surface area contributed by atoms with Gasteiger partial charge < -0.3 is 5.32 Å². The Bertz CT molecular complexity index is 940. The van der Waals surface area contributed by atoms with Gasteiger partial charge in [0.15, 0.2) is 9.84 Å². The maximum Gasteiger partial charge on any atom is 0.259 e. The van der Waals surface area contributed by atoms with Crippen LogP contribution in [0.15, 0.2) is 30.5 Å². The van der Waals surface area contributed by atoms with Crippen LogP contribution in [0.2, 0.25) is 0 Å². The Morgan fingerprint density at radius 3 is 2.92 bits per heavy atom. The van der Waals surface area contributed by atoms with Crippen molar-refractivity contribution in [2.24, 2.45) is 0 Å². The summed E-state index contributed by atoms with van der Waals surface area (Å²) in [5.74, 6) is -0.130. The second-order valence-corrected chi connectivity index (χ2v) is 8.02. The molecule has 124 valence electrons. The van der Waals surface area contributed by atoms with Gasteiger partial charge in [-0.25, -0.2) is 8.42 Å². The molecule has 1 amide bonds. The number of benzene rings is 1. The van der Waals surface area contributed by atoms with Gasteiger partial charge in [-0.15, -0.1) is 0 Å². The molecule has 3 rings (SSSR count). The molecule has 1 atom stereocenters. The van der Waals surface area contributed by atoms with Crippen molar-refractivity contribution in [3.8, 4) is 6.07 Å². The number of nitriles is 1. The molecular formula is C16H16N4O3S. The predicted octanol–water partition coefficient (Wildman–Crippen LogP) is 1.68. The molecule has 0 aliphatic carbocycles. The average Bonchev–Trinajstić information content (AvgIpc) is 3.09. The maximum absolute atomic E-state index is 12.4. The number of anilines is 1. The third kappa shape index (κ3) is 3.16. The van der Waals surface area contributed by atoms with E-state index in [1.807, 2.05) is 6.07 Å². The largest absolute Gasteiger partial charge is 0.322 e. The zero-order chi connectivity index (χ0) is 17.3. The molecule has 2 heterocycles. The van der Waals surface area contributed by atoms with Gasteiger partial charge in [-0.2, -0.15) is 10.4 Å². The summed E-state index contributed by atoms with van der Waals surface area (Å²) < 4.78 is 24.9. The van der Waals surface area contributed by atoms with Gasteiger partial charge in [-0.1, -0.05) is 6.07 Å². The Balaban J connectivity index is 1.80. The van der Waals surface area contributed by atoms with E-state index in [0.29, 0.717) is 28.9 Å². The van der Waals surface area contributed by atoms with Crippen molar-refractivity contribution in [3.05, 3.63) is 47.3 Å². The number of hydrogen-bond acceptors (Lipinski definition) is 5. The molecule has 1 aromatic heterocycles. The minimum Gasteiger partial charge on any atom is -0.322 e. The number of carbonyl (C=O) groups excluding carboxylic acids is 1. The Labute approximate surface area is 139 Å². The van der Waals surface area contributed by atoms with Crippen molar-refractivity contribution in [2.75, 3.05) is 16.8 Å². The van der Waals surface area contributed by atoms with Crippen LogP contribution in [0, 0.1) is 18.3 Å². The topological polar surface area (TPSA) is 105 Å². The van der Waals surface area contributed by atoms with Crippen LogP contribution in [0.3, 0.4) is 0 Å². The summed E-state index contributed by atoms with van der Waals surface area (Å²) in [5, 5.41) is 15.8. The summed E-state index contributed by atoms with van der Waals surface area (Å²) in [5.41, 5.74) is 2.00. The molecule has 24 heavy (non-hydrogen) atoms. The predicted molar refractivity (Wildman–Crippen MR) is 88.4 cm³/mol. The van der Waals surface area contributed by atoms with Crippen LogP contribution in [0.5, 0.6) is 0 Å². The zero-order valence-electron chi connectivity index (χ0n) is 13.1. The van der Waals surface area contributed by atoms with E-state index in [4.69, 9.17) is 5.26 Å². The van der Waals surface area contributed by atoms with E-state index in [0.717, 1.165) is 0 Å². The highest BCUT2D eigenvalue weighted by molar-refractivity contribution is 7.91. The van der Waals surface area contributed by atoms with E-state index in [2.05, 4.69) is 10.4 Å². The molecule has 0 saturated carbocycles. The summed E-state index contributed by atoms with van der Waals surface area (Å²) in [7, 11) is -3.02. The lowest BCUT2D eigenvalue weighted by Crippen LogP contribution is -2.16.